The number of aliphatic carboxylic acids is 1. The first kappa shape index (κ1) is 16.3. The number of carboxylic acid groups (broad SMARTS) is 1. The van der Waals surface area contributed by atoms with Crippen molar-refractivity contribution in [1.29, 1.82) is 0 Å². The molecule has 1 amide bonds. The van der Waals surface area contributed by atoms with Crippen LogP contribution in [0, 0.1) is 5.92 Å². The Morgan fingerprint density at radius 2 is 2.14 bits per heavy atom. The maximum absolute atomic E-state index is 12.4. The van der Waals surface area contributed by atoms with Crippen LogP contribution in [-0.4, -0.2) is 36.3 Å². The minimum Gasteiger partial charge on any atom is -0.494 e. The first-order valence-electron chi connectivity index (χ1n) is 7.47. The van der Waals surface area contributed by atoms with E-state index in [9.17, 15) is 9.59 Å². The van der Waals surface area contributed by atoms with E-state index in [1.807, 2.05) is 6.92 Å². The summed E-state index contributed by atoms with van der Waals surface area (Å²) in [5.74, 6) is -1.27. The molecule has 6 heteroatoms. The molecule has 0 aromatic heterocycles. The molecule has 1 aliphatic rings. The number of amides is 1. The fourth-order valence-electron chi connectivity index (χ4n) is 2.54. The lowest BCUT2D eigenvalue weighted by molar-refractivity contribution is -0.142. The van der Waals surface area contributed by atoms with Crippen molar-refractivity contribution in [1.82, 2.24) is 0 Å². The molecular formula is C16H21NO5. The lowest BCUT2D eigenvalue weighted by Crippen LogP contribution is -2.34. The quantitative estimate of drug-likeness (QED) is 0.807. The monoisotopic (exact) mass is 307 g/mol. The fourth-order valence-corrected chi connectivity index (χ4v) is 2.54. The largest absolute Gasteiger partial charge is 0.494 e. The number of benzene rings is 1. The topological polar surface area (TPSA) is 84.9 Å². The van der Waals surface area contributed by atoms with E-state index in [4.69, 9.17) is 14.6 Å². The molecule has 0 radical (unpaired) electrons. The van der Waals surface area contributed by atoms with E-state index in [0.717, 1.165) is 12.2 Å². The summed E-state index contributed by atoms with van der Waals surface area (Å²) in [5, 5.41) is 11.8. The molecule has 2 atom stereocenters. The summed E-state index contributed by atoms with van der Waals surface area (Å²) in [7, 11) is 0. The summed E-state index contributed by atoms with van der Waals surface area (Å²) >= 11 is 0. The molecule has 1 aromatic rings. The van der Waals surface area contributed by atoms with Gasteiger partial charge in [-0.1, -0.05) is 0 Å². The Labute approximate surface area is 129 Å². The van der Waals surface area contributed by atoms with Crippen LogP contribution < -0.4 is 10.1 Å². The molecule has 0 aliphatic carbocycles. The summed E-state index contributed by atoms with van der Waals surface area (Å²) < 4.78 is 10.8. The van der Waals surface area contributed by atoms with E-state index in [2.05, 4.69) is 5.32 Å². The van der Waals surface area contributed by atoms with Crippen LogP contribution in [0.15, 0.2) is 24.3 Å². The number of carbonyl (C=O) groups is 2. The van der Waals surface area contributed by atoms with Crippen molar-refractivity contribution in [3.8, 4) is 5.75 Å². The van der Waals surface area contributed by atoms with Gasteiger partial charge >= 0.3 is 5.97 Å². The van der Waals surface area contributed by atoms with Crippen molar-refractivity contribution < 1.29 is 24.2 Å². The summed E-state index contributed by atoms with van der Waals surface area (Å²) in [6.07, 6.45) is 1.03. The Morgan fingerprint density at radius 3 is 2.68 bits per heavy atom. The van der Waals surface area contributed by atoms with Crippen LogP contribution in [0.3, 0.4) is 0 Å². The predicted octanol–water partition coefficient (Wildman–Crippen LogP) is 2.29. The number of rotatable bonds is 7. The van der Waals surface area contributed by atoms with Gasteiger partial charge in [-0.05, 0) is 44.0 Å². The molecule has 0 saturated carbocycles. The molecule has 0 spiro atoms. The van der Waals surface area contributed by atoms with Gasteiger partial charge in [0.1, 0.15) is 5.75 Å². The van der Waals surface area contributed by atoms with Crippen molar-refractivity contribution >= 4 is 17.6 Å². The molecule has 2 rings (SSSR count). The number of hydrogen-bond donors (Lipinski definition) is 2. The van der Waals surface area contributed by atoms with Gasteiger partial charge in [-0.25, -0.2) is 0 Å². The highest BCUT2D eigenvalue weighted by Gasteiger charge is 2.33. The lowest BCUT2D eigenvalue weighted by Gasteiger charge is -2.20. The molecular weight excluding hydrogens is 286 g/mol. The van der Waals surface area contributed by atoms with Gasteiger partial charge in [-0.3, -0.25) is 9.59 Å². The average Bonchev–Trinajstić information content (AvgIpc) is 3.01. The van der Waals surface area contributed by atoms with Crippen LogP contribution in [0.1, 0.15) is 26.2 Å². The number of nitrogens with one attached hydrogen (secondary N) is 1. The number of carboxylic acids is 1. The zero-order valence-electron chi connectivity index (χ0n) is 12.6. The predicted molar refractivity (Wildman–Crippen MR) is 81.0 cm³/mol. The second-order valence-corrected chi connectivity index (χ2v) is 5.20. The van der Waals surface area contributed by atoms with Crippen LogP contribution in [0.25, 0.3) is 0 Å². The molecule has 0 unspecified atom stereocenters. The van der Waals surface area contributed by atoms with Gasteiger partial charge < -0.3 is 19.9 Å². The highest BCUT2D eigenvalue weighted by molar-refractivity contribution is 5.94. The van der Waals surface area contributed by atoms with Crippen LogP contribution in [0.2, 0.25) is 0 Å². The zero-order chi connectivity index (χ0) is 15.9. The van der Waals surface area contributed by atoms with E-state index in [1.54, 1.807) is 24.3 Å². The molecule has 1 saturated heterocycles. The molecule has 1 aliphatic heterocycles. The van der Waals surface area contributed by atoms with E-state index < -0.39 is 11.9 Å². The molecule has 1 aromatic carbocycles. The SMILES string of the molecule is CCOc1ccc(NC(=O)[C@H](CC(=O)O)[C@H]2CCCO2)cc1. The van der Waals surface area contributed by atoms with Crippen molar-refractivity contribution in [2.75, 3.05) is 18.5 Å². The minimum absolute atomic E-state index is 0.229. The lowest BCUT2D eigenvalue weighted by atomic mass is 9.95. The number of ether oxygens (including phenoxy) is 2. The first-order valence-corrected chi connectivity index (χ1v) is 7.47. The summed E-state index contributed by atoms with van der Waals surface area (Å²) in [5.41, 5.74) is 0.613. The third kappa shape index (κ3) is 4.46. The highest BCUT2D eigenvalue weighted by Crippen LogP contribution is 2.25. The Kier molecular flexibility index (Phi) is 5.77. The summed E-state index contributed by atoms with van der Waals surface area (Å²) in [6.45, 7) is 3.05. The van der Waals surface area contributed by atoms with Gasteiger partial charge in [0.25, 0.3) is 0 Å². The van der Waals surface area contributed by atoms with Gasteiger partial charge in [-0.2, -0.15) is 0 Å². The minimum atomic E-state index is -0.998. The van der Waals surface area contributed by atoms with E-state index in [0.29, 0.717) is 25.3 Å². The van der Waals surface area contributed by atoms with E-state index >= 15 is 0 Å². The summed E-state index contributed by atoms with van der Waals surface area (Å²) in [6, 6.07) is 6.99. The van der Waals surface area contributed by atoms with Crippen molar-refractivity contribution in [3.05, 3.63) is 24.3 Å². The molecule has 6 nitrogen and oxygen atoms in total. The van der Waals surface area contributed by atoms with E-state index in [1.165, 1.54) is 0 Å². The molecule has 2 N–H and O–H groups in total. The van der Waals surface area contributed by atoms with E-state index in [-0.39, 0.29) is 18.4 Å². The molecule has 1 heterocycles. The van der Waals surface area contributed by atoms with Gasteiger partial charge in [0.05, 0.1) is 25.0 Å². The van der Waals surface area contributed by atoms with Crippen LogP contribution in [-0.2, 0) is 14.3 Å². The van der Waals surface area contributed by atoms with Gasteiger partial charge in [0.2, 0.25) is 5.91 Å². The Bertz CT molecular complexity index is 508. The molecule has 22 heavy (non-hydrogen) atoms. The second-order valence-electron chi connectivity index (χ2n) is 5.20. The van der Waals surface area contributed by atoms with Crippen molar-refractivity contribution in [2.24, 2.45) is 5.92 Å². The van der Waals surface area contributed by atoms with Gasteiger partial charge in [0, 0.05) is 12.3 Å². The Hall–Kier alpha value is -2.08. The smallest absolute Gasteiger partial charge is 0.304 e. The van der Waals surface area contributed by atoms with Crippen molar-refractivity contribution in [3.63, 3.8) is 0 Å². The maximum atomic E-state index is 12.4. The maximum Gasteiger partial charge on any atom is 0.304 e. The zero-order valence-corrected chi connectivity index (χ0v) is 12.6. The van der Waals surface area contributed by atoms with Gasteiger partial charge in [-0.15, -0.1) is 0 Å². The Balaban J connectivity index is 2.01. The fraction of sp³-hybridized carbons (Fsp3) is 0.500. The normalized spacial score (nSPS) is 18.7. The number of hydrogen-bond acceptors (Lipinski definition) is 4. The number of anilines is 1. The van der Waals surface area contributed by atoms with Crippen LogP contribution in [0.4, 0.5) is 5.69 Å². The molecule has 1 fully saturated rings. The molecule has 0 bridgehead atoms. The highest BCUT2D eigenvalue weighted by atomic mass is 16.5. The van der Waals surface area contributed by atoms with Crippen molar-refractivity contribution in [2.45, 2.75) is 32.3 Å². The third-order valence-electron chi connectivity index (χ3n) is 3.58. The standard InChI is InChI=1S/C16H21NO5/c1-2-21-12-7-5-11(6-8-12)17-16(20)13(10-15(18)19)14-4-3-9-22-14/h5-8,13-14H,2-4,9-10H2,1H3,(H,17,20)(H,18,19)/t13-,14-/m1/s1. The van der Waals surface area contributed by atoms with Crippen LogP contribution in [0.5, 0.6) is 5.75 Å². The summed E-state index contributed by atoms with van der Waals surface area (Å²) in [4.78, 5) is 23.3. The Morgan fingerprint density at radius 1 is 1.41 bits per heavy atom. The average molecular weight is 307 g/mol. The van der Waals surface area contributed by atoms with Gasteiger partial charge in [0.15, 0.2) is 0 Å². The third-order valence-corrected chi connectivity index (χ3v) is 3.58. The molecule has 120 valence electrons. The second kappa shape index (κ2) is 7.79. The van der Waals surface area contributed by atoms with Crippen LogP contribution >= 0.6 is 0 Å². The number of carbonyl (C=O) groups excluding carboxylic acids is 1. The first-order chi connectivity index (χ1) is 10.6.